The number of carboxylic acids is 1. The number of fused-ring (bicyclic) bond motifs is 2. The molecule has 9 heteroatoms. The maximum atomic E-state index is 14.1. The molecule has 0 bridgehead atoms. The third-order valence-corrected chi connectivity index (χ3v) is 7.14. The van der Waals surface area contributed by atoms with E-state index in [4.69, 9.17) is 23.2 Å². The van der Waals surface area contributed by atoms with Gasteiger partial charge in [-0.3, -0.25) is 14.5 Å². The van der Waals surface area contributed by atoms with Crippen molar-refractivity contribution in [3.05, 3.63) is 93.2 Å². The molecule has 1 atom stereocenters. The van der Waals surface area contributed by atoms with E-state index < -0.39 is 34.7 Å². The fourth-order valence-electron chi connectivity index (χ4n) is 4.58. The molecule has 0 unspecified atom stereocenters. The number of para-hydroxylation sites is 1. The molecule has 2 aliphatic rings. The lowest BCUT2D eigenvalue weighted by Crippen LogP contribution is -2.42. The number of carbonyl (C=O) groups excluding carboxylic acids is 2. The van der Waals surface area contributed by atoms with E-state index in [1.807, 2.05) is 12.1 Å². The van der Waals surface area contributed by atoms with Crippen molar-refractivity contribution in [2.75, 3.05) is 4.90 Å². The Balaban J connectivity index is 1.37. The number of carboxylic acid groups (broad SMARTS) is 1. The number of nitrogens with zero attached hydrogens (tertiary/aromatic N) is 1. The minimum Gasteiger partial charge on any atom is -0.480 e. The highest BCUT2D eigenvalue weighted by atomic mass is 35.5. The number of amides is 2. The molecule has 1 aliphatic heterocycles. The molecule has 0 saturated heterocycles. The summed E-state index contributed by atoms with van der Waals surface area (Å²) in [5.41, 5.74) is 1.92. The first-order chi connectivity index (χ1) is 16.7. The van der Waals surface area contributed by atoms with Crippen molar-refractivity contribution in [3.63, 3.8) is 0 Å². The molecule has 2 amide bonds. The van der Waals surface area contributed by atoms with Crippen molar-refractivity contribution in [3.8, 4) is 0 Å². The van der Waals surface area contributed by atoms with Gasteiger partial charge in [0.2, 0.25) is 5.91 Å². The molecule has 178 valence electrons. The van der Waals surface area contributed by atoms with Crippen LogP contribution in [0, 0.1) is 5.82 Å². The number of aliphatic carboxylic acids is 1. The van der Waals surface area contributed by atoms with E-state index in [-0.39, 0.29) is 17.4 Å². The fourth-order valence-corrected chi connectivity index (χ4v) is 5.08. The average molecular weight is 513 g/mol. The largest absolute Gasteiger partial charge is 0.480 e. The number of hydrogen-bond acceptors (Lipinski definition) is 3. The van der Waals surface area contributed by atoms with Crippen molar-refractivity contribution in [1.29, 1.82) is 0 Å². The van der Waals surface area contributed by atoms with Crippen LogP contribution >= 0.6 is 23.2 Å². The number of halogens is 3. The zero-order valence-electron chi connectivity index (χ0n) is 18.2. The molecule has 5 rings (SSSR count). The van der Waals surface area contributed by atoms with Crippen molar-refractivity contribution in [1.82, 2.24) is 5.32 Å². The number of rotatable bonds is 6. The average Bonchev–Trinajstić information content (AvgIpc) is 3.58. The van der Waals surface area contributed by atoms with Crippen LogP contribution in [-0.4, -0.2) is 28.9 Å². The van der Waals surface area contributed by atoms with Crippen LogP contribution in [0.1, 0.15) is 34.3 Å². The Morgan fingerprint density at radius 2 is 1.69 bits per heavy atom. The second kappa shape index (κ2) is 8.66. The van der Waals surface area contributed by atoms with Gasteiger partial charge < -0.3 is 10.4 Å². The highest BCUT2D eigenvalue weighted by Gasteiger charge is 2.60. The fraction of sp³-hybridized carbons (Fsp3) is 0.192. The first-order valence-corrected chi connectivity index (χ1v) is 11.7. The Morgan fingerprint density at radius 1 is 1.03 bits per heavy atom. The van der Waals surface area contributed by atoms with Gasteiger partial charge in [-0.1, -0.05) is 53.5 Å². The highest BCUT2D eigenvalue weighted by molar-refractivity contribution is 6.36. The normalized spacial score (nSPS) is 16.2. The Morgan fingerprint density at radius 3 is 2.31 bits per heavy atom. The molecular formula is C26H19Cl2FN2O4. The Kier molecular flexibility index (Phi) is 5.77. The molecule has 1 saturated carbocycles. The van der Waals surface area contributed by atoms with Crippen LogP contribution in [0.3, 0.4) is 0 Å². The van der Waals surface area contributed by atoms with Crippen molar-refractivity contribution in [2.24, 2.45) is 0 Å². The molecule has 1 heterocycles. The molecule has 6 nitrogen and oxygen atoms in total. The van der Waals surface area contributed by atoms with Gasteiger partial charge in [0.1, 0.15) is 11.9 Å². The van der Waals surface area contributed by atoms with Crippen LogP contribution in [0.25, 0.3) is 0 Å². The lowest BCUT2D eigenvalue weighted by molar-refractivity contribution is -0.139. The van der Waals surface area contributed by atoms with Gasteiger partial charge in [0.15, 0.2) is 0 Å². The molecule has 1 spiro atoms. The number of carbonyl (C=O) groups is 3. The van der Waals surface area contributed by atoms with Crippen LogP contribution < -0.4 is 10.2 Å². The van der Waals surface area contributed by atoms with Crippen molar-refractivity contribution < 1.29 is 23.9 Å². The van der Waals surface area contributed by atoms with Gasteiger partial charge in [0.25, 0.3) is 5.91 Å². The van der Waals surface area contributed by atoms with E-state index >= 15 is 0 Å². The van der Waals surface area contributed by atoms with Crippen LogP contribution in [0.4, 0.5) is 15.8 Å². The molecule has 0 radical (unpaired) electrons. The van der Waals surface area contributed by atoms with Gasteiger partial charge in [-0.15, -0.1) is 0 Å². The van der Waals surface area contributed by atoms with Crippen molar-refractivity contribution in [2.45, 2.75) is 30.7 Å². The Labute approximate surface area is 210 Å². The molecule has 1 aliphatic carbocycles. The molecule has 0 aromatic heterocycles. The number of anilines is 2. The summed E-state index contributed by atoms with van der Waals surface area (Å²) >= 11 is 12.4. The first kappa shape index (κ1) is 23.3. The Bertz CT molecular complexity index is 1350. The third-order valence-electron chi connectivity index (χ3n) is 6.52. The van der Waals surface area contributed by atoms with Gasteiger partial charge in [0, 0.05) is 12.1 Å². The van der Waals surface area contributed by atoms with Crippen LogP contribution in [-0.2, 0) is 21.4 Å². The third kappa shape index (κ3) is 3.94. The second-order valence-electron chi connectivity index (χ2n) is 8.69. The SMILES string of the molecule is O=C(N[C@@H](Cc1ccc(N2C(=O)C3(CC3)c3cccc(Cl)c32)cc1)C(=O)O)c1c(F)cccc1Cl. The van der Waals surface area contributed by atoms with E-state index in [1.165, 1.54) is 12.1 Å². The predicted molar refractivity (Wildman–Crippen MR) is 130 cm³/mol. The first-order valence-electron chi connectivity index (χ1n) is 10.9. The second-order valence-corrected chi connectivity index (χ2v) is 9.50. The lowest BCUT2D eigenvalue weighted by Gasteiger charge is -2.20. The minimum atomic E-state index is -1.32. The van der Waals surface area contributed by atoms with E-state index in [0.717, 1.165) is 24.5 Å². The van der Waals surface area contributed by atoms with Crippen LogP contribution in [0.2, 0.25) is 10.0 Å². The van der Waals surface area contributed by atoms with Crippen LogP contribution in [0.5, 0.6) is 0 Å². The maximum Gasteiger partial charge on any atom is 0.326 e. The van der Waals surface area contributed by atoms with Crippen molar-refractivity contribution >= 4 is 52.4 Å². The summed E-state index contributed by atoms with van der Waals surface area (Å²) in [4.78, 5) is 39.2. The molecule has 2 N–H and O–H groups in total. The smallest absolute Gasteiger partial charge is 0.326 e. The monoisotopic (exact) mass is 512 g/mol. The quantitative estimate of drug-likeness (QED) is 0.471. The van der Waals surface area contributed by atoms with E-state index in [9.17, 15) is 23.9 Å². The topological polar surface area (TPSA) is 86.7 Å². The summed E-state index contributed by atoms with van der Waals surface area (Å²) in [6.45, 7) is 0. The maximum absolute atomic E-state index is 14.1. The number of nitrogens with one attached hydrogen (secondary N) is 1. The van der Waals surface area contributed by atoms with Gasteiger partial charge in [-0.2, -0.15) is 0 Å². The molecular weight excluding hydrogens is 494 g/mol. The zero-order valence-corrected chi connectivity index (χ0v) is 19.7. The predicted octanol–water partition coefficient (Wildman–Crippen LogP) is 5.27. The van der Waals surface area contributed by atoms with E-state index in [0.29, 0.717) is 22.0 Å². The highest BCUT2D eigenvalue weighted by Crippen LogP contribution is 2.60. The van der Waals surface area contributed by atoms with Gasteiger partial charge in [0.05, 0.1) is 26.7 Å². The zero-order chi connectivity index (χ0) is 24.9. The summed E-state index contributed by atoms with van der Waals surface area (Å²) in [5.74, 6) is -3.06. The summed E-state index contributed by atoms with van der Waals surface area (Å²) in [6, 6.07) is 14.8. The molecule has 1 fully saturated rings. The number of benzene rings is 3. The van der Waals surface area contributed by atoms with E-state index in [1.54, 1.807) is 35.2 Å². The molecule has 35 heavy (non-hydrogen) atoms. The van der Waals surface area contributed by atoms with Gasteiger partial charge in [-0.25, -0.2) is 9.18 Å². The summed E-state index contributed by atoms with van der Waals surface area (Å²) < 4.78 is 14.1. The molecule has 3 aromatic carbocycles. The summed E-state index contributed by atoms with van der Waals surface area (Å²) in [5, 5.41) is 12.3. The minimum absolute atomic E-state index is 0.0224. The standard InChI is InChI=1S/C26H19Cl2FN2O4/c27-17-4-2-6-19(29)21(17)23(32)30-20(24(33)34)13-14-7-9-15(10-8-14)31-22-16(3-1-5-18(22)28)26(11-12-26)25(31)35/h1-10,20H,11-13H2,(H,30,32)(H,33,34)/t20-/m0/s1. The molecule has 3 aromatic rings. The van der Waals surface area contributed by atoms with Gasteiger partial charge in [-0.05, 0) is 54.3 Å². The summed E-state index contributed by atoms with van der Waals surface area (Å²) in [7, 11) is 0. The lowest BCUT2D eigenvalue weighted by atomic mass is 9.98. The Hall–Kier alpha value is -3.42. The van der Waals surface area contributed by atoms with Crippen LogP contribution in [0.15, 0.2) is 60.7 Å². The summed E-state index contributed by atoms with van der Waals surface area (Å²) in [6.07, 6.45) is 1.50. The van der Waals surface area contributed by atoms with Gasteiger partial charge >= 0.3 is 5.97 Å². The van der Waals surface area contributed by atoms with E-state index in [2.05, 4.69) is 5.32 Å². The number of hydrogen-bond donors (Lipinski definition) is 2.